The lowest BCUT2D eigenvalue weighted by Gasteiger charge is -2.28. The number of hydrogen-bond donors (Lipinski definition) is 0. The Bertz CT molecular complexity index is 1410. The van der Waals surface area contributed by atoms with Gasteiger partial charge in [0.05, 0.1) is 38.6 Å². The number of methoxy groups -OCH3 is 3. The van der Waals surface area contributed by atoms with Gasteiger partial charge in [-0.15, -0.1) is 0 Å². The van der Waals surface area contributed by atoms with Crippen molar-refractivity contribution in [2.75, 3.05) is 34.0 Å². The highest BCUT2D eigenvalue weighted by atomic mass is 79.9. The van der Waals surface area contributed by atoms with Crippen LogP contribution in [-0.4, -0.2) is 50.8 Å². The van der Waals surface area contributed by atoms with E-state index in [9.17, 15) is 9.59 Å². The predicted molar refractivity (Wildman–Crippen MR) is 179 cm³/mol. The number of halogens is 1. The molecule has 236 valence electrons. The first-order valence-corrected chi connectivity index (χ1v) is 17.3. The van der Waals surface area contributed by atoms with Crippen LogP contribution in [0.15, 0.2) is 97.1 Å². The lowest BCUT2D eigenvalue weighted by molar-refractivity contribution is -0.0000329. The van der Waals surface area contributed by atoms with Crippen LogP contribution in [0.3, 0.4) is 0 Å². The Morgan fingerprint density at radius 1 is 0.511 bits per heavy atom. The Morgan fingerprint density at radius 2 is 0.867 bits per heavy atom. The van der Waals surface area contributed by atoms with Crippen LogP contribution >= 0.6 is 7.26 Å². The lowest BCUT2D eigenvalue weighted by atomic mass is 10.1. The van der Waals surface area contributed by atoms with E-state index in [0.717, 1.165) is 61.9 Å². The Kier molecular flexibility index (Phi) is 12.2. The summed E-state index contributed by atoms with van der Waals surface area (Å²) < 4.78 is 16.5. The average Bonchev–Trinajstić information content (AvgIpc) is 3.33. The highest BCUT2D eigenvalue weighted by Crippen LogP contribution is 2.56. The molecule has 4 aromatic carbocycles. The Hall–Kier alpha value is -3.67. The standard InChI is InChI=1S/C37H41NO5P.BrH/c1-41-28-14-20-31(21-15-28)44(32-22-16-29(42-2)17-23-32,33-24-18-30(43-3)19-25-33)27-11-7-5-4-6-10-26-38-36(39)34-12-8-9-13-35(34)37(38)40;/h8-9,12-25H,4-7,10-11,26-27H2,1-3H3;1H/q+1;/p-1. The summed E-state index contributed by atoms with van der Waals surface area (Å²) in [6, 6.07) is 32.8. The van der Waals surface area contributed by atoms with Gasteiger partial charge in [0.15, 0.2) is 0 Å². The third-order valence-electron chi connectivity index (χ3n) is 8.54. The van der Waals surface area contributed by atoms with Gasteiger partial charge in [-0.3, -0.25) is 14.5 Å². The van der Waals surface area contributed by atoms with Crippen molar-refractivity contribution in [3.05, 3.63) is 108 Å². The molecule has 0 N–H and O–H groups in total. The second kappa shape index (κ2) is 16.1. The van der Waals surface area contributed by atoms with Crippen molar-refractivity contribution < 1.29 is 40.8 Å². The van der Waals surface area contributed by atoms with Gasteiger partial charge in [0, 0.05) is 6.54 Å². The number of benzene rings is 4. The summed E-state index contributed by atoms with van der Waals surface area (Å²) in [6.45, 7) is 0.480. The topological polar surface area (TPSA) is 65.1 Å². The summed E-state index contributed by atoms with van der Waals surface area (Å²) in [5, 5.41) is 3.94. The predicted octanol–water partition coefficient (Wildman–Crippen LogP) is 3.65. The number of hydrogen-bond acceptors (Lipinski definition) is 5. The molecule has 0 saturated carbocycles. The summed E-state index contributed by atoms with van der Waals surface area (Å²) in [6.07, 6.45) is 7.22. The summed E-state index contributed by atoms with van der Waals surface area (Å²) in [5.41, 5.74) is 1.05. The van der Waals surface area contributed by atoms with Crippen LogP contribution in [0.1, 0.15) is 59.2 Å². The normalized spacial score (nSPS) is 12.5. The monoisotopic (exact) mass is 689 g/mol. The quantitative estimate of drug-likeness (QED) is 0.108. The molecule has 0 bridgehead atoms. The van der Waals surface area contributed by atoms with Gasteiger partial charge in [0.25, 0.3) is 11.8 Å². The highest BCUT2D eigenvalue weighted by molar-refractivity contribution is 7.95. The van der Waals surface area contributed by atoms with Gasteiger partial charge in [-0.2, -0.15) is 0 Å². The van der Waals surface area contributed by atoms with Crippen LogP contribution in [0, 0.1) is 0 Å². The zero-order chi connectivity index (χ0) is 30.9. The summed E-state index contributed by atoms with van der Waals surface area (Å²) in [5.74, 6) is 2.20. The van der Waals surface area contributed by atoms with E-state index in [1.54, 1.807) is 33.5 Å². The smallest absolute Gasteiger partial charge is 0.261 e. The molecule has 0 atom stereocenters. The molecule has 0 radical (unpaired) electrons. The molecule has 45 heavy (non-hydrogen) atoms. The minimum absolute atomic E-state index is 0. The molecule has 1 aliphatic rings. The van der Waals surface area contributed by atoms with E-state index in [0.29, 0.717) is 17.7 Å². The van der Waals surface area contributed by atoms with Crippen molar-refractivity contribution >= 4 is 35.0 Å². The van der Waals surface area contributed by atoms with Crippen molar-refractivity contribution in [1.82, 2.24) is 4.90 Å². The molecule has 1 aliphatic heterocycles. The molecular formula is C37H41BrNO5P. The number of nitrogens with zero attached hydrogens (tertiary/aromatic N) is 1. The SMILES string of the molecule is COc1ccc([P+](CCCCCCCCN2C(=O)c3ccccc3C2=O)(c2ccc(OC)cc2)c2ccc(OC)cc2)cc1.[Br-]. The number of amides is 2. The maximum Gasteiger partial charge on any atom is 0.261 e. The zero-order valence-corrected chi connectivity index (χ0v) is 28.7. The van der Waals surface area contributed by atoms with Crippen molar-refractivity contribution in [1.29, 1.82) is 0 Å². The van der Waals surface area contributed by atoms with Crippen LogP contribution in [0.25, 0.3) is 0 Å². The molecule has 6 nitrogen and oxygen atoms in total. The second-order valence-electron chi connectivity index (χ2n) is 11.1. The number of rotatable bonds is 15. The Balaban J connectivity index is 0.00000461. The average molecular weight is 691 g/mol. The van der Waals surface area contributed by atoms with Gasteiger partial charge in [-0.05, 0) is 104 Å². The maximum atomic E-state index is 12.7. The highest BCUT2D eigenvalue weighted by Gasteiger charge is 2.45. The van der Waals surface area contributed by atoms with Gasteiger partial charge in [-0.25, -0.2) is 0 Å². The molecular weight excluding hydrogens is 649 g/mol. The van der Waals surface area contributed by atoms with Crippen molar-refractivity contribution in [2.45, 2.75) is 38.5 Å². The molecule has 0 saturated heterocycles. The molecule has 0 fully saturated rings. The van der Waals surface area contributed by atoms with E-state index in [1.807, 2.05) is 12.1 Å². The fraction of sp³-hybridized carbons (Fsp3) is 0.297. The number of unbranched alkanes of at least 4 members (excludes halogenated alkanes) is 5. The third-order valence-corrected chi connectivity index (χ3v) is 13.1. The summed E-state index contributed by atoms with van der Waals surface area (Å²) >= 11 is 0. The van der Waals surface area contributed by atoms with Crippen LogP contribution in [-0.2, 0) is 0 Å². The number of imide groups is 1. The number of carbonyl (C=O) groups excluding carboxylic acids is 2. The molecule has 2 amide bonds. The van der Waals surface area contributed by atoms with Gasteiger partial charge < -0.3 is 31.2 Å². The fourth-order valence-corrected chi connectivity index (χ4v) is 10.5. The van der Waals surface area contributed by atoms with Crippen molar-refractivity contribution in [3.63, 3.8) is 0 Å². The van der Waals surface area contributed by atoms with Crippen LogP contribution < -0.4 is 47.1 Å². The molecule has 5 rings (SSSR count). The van der Waals surface area contributed by atoms with Crippen LogP contribution in [0.2, 0.25) is 0 Å². The maximum absolute atomic E-state index is 12.7. The molecule has 4 aromatic rings. The zero-order valence-electron chi connectivity index (χ0n) is 26.2. The van der Waals surface area contributed by atoms with Gasteiger partial charge in [-0.1, -0.05) is 31.4 Å². The van der Waals surface area contributed by atoms with E-state index in [-0.39, 0.29) is 28.8 Å². The first-order valence-electron chi connectivity index (χ1n) is 15.3. The summed E-state index contributed by atoms with van der Waals surface area (Å²) in [7, 11) is 3.08. The third kappa shape index (κ3) is 7.43. The Labute approximate surface area is 277 Å². The van der Waals surface area contributed by atoms with E-state index < -0.39 is 7.26 Å². The van der Waals surface area contributed by atoms with Gasteiger partial charge >= 0.3 is 0 Å². The van der Waals surface area contributed by atoms with Gasteiger partial charge in [0.2, 0.25) is 0 Å². The van der Waals surface area contributed by atoms with E-state index in [2.05, 4.69) is 72.8 Å². The fourth-order valence-electron chi connectivity index (χ4n) is 6.11. The molecule has 8 heteroatoms. The van der Waals surface area contributed by atoms with Crippen LogP contribution in [0.4, 0.5) is 0 Å². The summed E-state index contributed by atoms with van der Waals surface area (Å²) in [4.78, 5) is 26.7. The Morgan fingerprint density at radius 3 is 1.24 bits per heavy atom. The van der Waals surface area contributed by atoms with E-state index in [1.165, 1.54) is 20.8 Å². The molecule has 0 aliphatic carbocycles. The number of ether oxygens (including phenoxy) is 3. The van der Waals surface area contributed by atoms with E-state index >= 15 is 0 Å². The van der Waals surface area contributed by atoms with Crippen molar-refractivity contribution in [2.24, 2.45) is 0 Å². The molecule has 0 aromatic heterocycles. The minimum atomic E-state index is -2.01. The largest absolute Gasteiger partial charge is 1.00 e. The number of fused-ring (bicyclic) bond motifs is 1. The minimum Gasteiger partial charge on any atom is -1.00 e. The van der Waals surface area contributed by atoms with Crippen molar-refractivity contribution in [3.8, 4) is 17.2 Å². The number of carbonyl (C=O) groups is 2. The molecule has 0 unspecified atom stereocenters. The van der Waals surface area contributed by atoms with Crippen LogP contribution in [0.5, 0.6) is 17.2 Å². The molecule has 0 spiro atoms. The van der Waals surface area contributed by atoms with E-state index in [4.69, 9.17) is 14.2 Å². The molecule has 1 heterocycles. The van der Waals surface area contributed by atoms with Gasteiger partial charge in [0.1, 0.15) is 40.4 Å². The second-order valence-corrected chi connectivity index (χ2v) is 14.7. The lowest BCUT2D eigenvalue weighted by Crippen LogP contribution is -3.00. The first-order chi connectivity index (χ1) is 21.5. The first kappa shape index (κ1) is 34.2.